The lowest BCUT2D eigenvalue weighted by Crippen LogP contribution is -2.33. The van der Waals surface area contributed by atoms with Gasteiger partial charge in [-0.3, -0.25) is 0 Å². The van der Waals surface area contributed by atoms with Crippen LogP contribution in [0.4, 0.5) is 0 Å². The number of nitrogens with zero attached hydrogens (tertiary/aromatic N) is 2. The molecule has 1 fully saturated rings. The third-order valence-electron chi connectivity index (χ3n) is 4.03. The van der Waals surface area contributed by atoms with Gasteiger partial charge in [-0.05, 0) is 32.7 Å². The van der Waals surface area contributed by atoms with E-state index in [1.54, 1.807) is 0 Å². The number of rotatable bonds is 6. The van der Waals surface area contributed by atoms with E-state index in [1.165, 1.54) is 0 Å². The van der Waals surface area contributed by atoms with E-state index in [4.69, 9.17) is 9.26 Å². The molecule has 1 aromatic rings. The van der Waals surface area contributed by atoms with Crippen LogP contribution in [0, 0.1) is 0 Å². The Morgan fingerprint density at radius 3 is 2.79 bits per heavy atom. The van der Waals surface area contributed by atoms with Crippen LogP contribution in [-0.4, -0.2) is 29.3 Å². The zero-order chi connectivity index (χ0) is 13.9. The minimum atomic E-state index is -0.360. The summed E-state index contributed by atoms with van der Waals surface area (Å²) in [6, 6.07) is 0.371. The lowest BCUT2D eigenvalue weighted by Gasteiger charge is -2.20. The van der Waals surface area contributed by atoms with Crippen molar-refractivity contribution in [2.75, 3.05) is 13.2 Å². The normalized spacial score (nSPS) is 26.5. The molecule has 1 aromatic heterocycles. The first-order valence-corrected chi connectivity index (χ1v) is 7.32. The van der Waals surface area contributed by atoms with Gasteiger partial charge in [0.2, 0.25) is 11.7 Å². The van der Waals surface area contributed by atoms with Gasteiger partial charge in [0.15, 0.2) is 0 Å². The largest absolute Gasteiger partial charge is 0.367 e. The van der Waals surface area contributed by atoms with E-state index in [-0.39, 0.29) is 11.5 Å². The summed E-state index contributed by atoms with van der Waals surface area (Å²) in [5.74, 6) is 1.62. The minimum absolute atomic E-state index is 0.219. The predicted octanol–water partition coefficient (Wildman–Crippen LogP) is 2.59. The molecule has 5 nitrogen and oxygen atoms in total. The van der Waals surface area contributed by atoms with Crippen LogP contribution >= 0.6 is 0 Å². The maximum absolute atomic E-state index is 5.75. The summed E-state index contributed by atoms with van der Waals surface area (Å²) < 4.78 is 11.2. The Labute approximate surface area is 115 Å². The highest BCUT2D eigenvalue weighted by Crippen LogP contribution is 2.34. The van der Waals surface area contributed by atoms with Gasteiger partial charge in [0.1, 0.15) is 5.60 Å². The monoisotopic (exact) mass is 267 g/mol. The van der Waals surface area contributed by atoms with Gasteiger partial charge >= 0.3 is 0 Å². The van der Waals surface area contributed by atoms with Crippen molar-refractivity contribution in [3.05, 3.63) is 11.7 Å². The highest BCUT2D eigenvalue weighted by Gasteiger charge is 2.37. The van der Waals surface area contributed by atoms with Crippen LogP contribution < -0.4 is 5.32 Å². The fourth-order valence-electron chi connectivity index (χ4n) is 2.70. The van der Waals surface area contributed by atoms with Gasteiger partial charge in [0.05, 0.1) is 5.92 Å². The van der Waals surface area contributed by atoms with Crippen LogP contribution in [0.25, 0.3) is 0 Å². The molecule has 5 heteroatoms. The van der Waals surface area contributed by atoms with Crippen molar-refractivity contribution < 1.29 is 9.26 Å². The summed E-state index contributed by atoms with van der Waals surface area (Å²) in [7, 11) is 0. The number of ether oxygens (including phenoxy) is 1. The maximum Gasteiger partial charge on any atom is 0.231 e. The van der Waals surface area contributed by atoms with Gasteiger partial charge in [-0.15, -0.1) is 0 Å². The molecule has 2 rings (SSSR count). The molecular weight excluding hydrogens is 242 g/mol. The number of nitrogens with one attached hydrogen (secondary N) is 1. The van der Waals surface area contributed by atoms with E-state index >= 15 is 0 Å². The van der Waals surface area contributed by atoms with E-state index in [2.05, 4.69) is 36.2 Å². The number of hydrogen-bond acceptors (Lipinski definition) is 5. The average Bonchev–Trinajstić information content (AvgIpc) is 3.04. The fourth-order valence-corrected chi connectivity index (χ4v) is 2.70. The van der Waals surface area contributed by atoms with Crippen molar-refractivity contribution in [2.45, 2.75) is 64.5 Å². The van der Waals surface area contributed by atoms with Gasteiger partial charge in [-0.2, -0.15) is 4.98 Å². The number of aromatic nitrogens is 2. The molecule has 0 aromatic carbocycles. The SMILES string of the molecule is CCNC(CC)C(C)c1nc(C2(C)CCCO2)no1. The van der Waals surface area contributed by atoms with Gasteiger partial charge in [-0.25, -0.2) is 0 Å². The van der Waals surface area contributed by atoms with E-state index in [1.807, 2.05) is 6.92 Å². The van der Waals surface area contributed by atoms with Gasteiger partial charge in [0.25, 0.3) is 0 Å². The number of hydrogen-bond donors (Lipinski definition) is 1. The third-order valence-corrected chi connectivity index (χ3v) is 4.03. The van der Waals surface area contributed by atoms with Gasteiger partial charge in [-0.1, -0.05) is 25.9 Å². The van der Waals surface area contributed by atoms with Gasteiger partial charge in [0, 0.05) is 12.6 Å². The van der Waals surface area contributed by atoms with Crippen molar-refractivity contribution in [3.8, 4) is 0 Å². The predicted molar refractivity (Wildman–Crippen MR) is 73.0 cm³/mol. The average molecular weight is 267 g/mol. The van der Waals surface area contributed by atoms with Crippen molar-refractivity contribution in [2.24, 2.45) is 0 Å². The highest BCUT2D eigenvalue weighted by molar-refractivity contribution is 5.05. The lowest BCUT2D eigenvalue weighted by atomic mass is 9.99. The molecule has 3 atom stereocenters. The van der Waals surface area contributed by atoms with E-state index < -0.39 is 0 Å². The van der Waals surface area contributed by atoms with Crippen molar-refractivity contribution in [1.29, 1.82) is 0 Å². The molecule has 1 saturated heterocycles. The molecule has 0 aliphatic carbocycles. The summed E-state index contributed by atoms with van der Waals surface area (Å²) in [5, 5.41) is 7.59. The molecular formula is C14H25N3O2. The van der Waals surface area contributed by atoms with Crippen LogP contribution in [0.2, 0.25) is 0 Å². The Morgan fingerprint density at radius 2 is 2.21 bits per heavy atom. The van der Waals surface area contributed by atoms with Crippen molar-refractivity contribution >= 4 is 0 Å². The lowest BCUT2D eigenvalue weighted by molar-refractivity contribution is 0.00768. The Kier molecular flexibility index (Phi) is 4.58. The molecule has 0 radical (unpaired) electrons. The minimum Gasteiger partial charge on any atom is -0.367 e. The fraction of sp³-hybridized carbons (Fsp3) is 0.857. The summed E-state index contributed by atoms with van der Waals surface area (Å²) in [4.78, 5) is 4.57. The van der Waals surface area contributed by atoms with Crippen LogP contribution in [0.3, 0.4) is 0 Å². The quantitative estimate of drug-likeness (QED) is 0.858. The standard InChI is InChI=1S/C14H25N3O2/c1-5-11(15-6-2)10(3)12-16-13(17-19-12)14(4)8-7-9-18-14/h10-11,15H,5-9H2,1-4H3. The van der Waals surface area contributed by atoms with Crippen molar-refractivity contribution in [3.63, 3.8) is 0 Å². The molecule has 19 heavy (non-hydrogen) atoms. The summed E-state index contributed by atoms with van der Waals surface area (Å²) in [6.07, 6.45) is 3.07. The Morgan fingerprint density at radius 1 is 1.42 bits per heavy atom. The van der Waals surface area contributed by atoms with Crippen LogP contribution in [0.1, 0.15) is 64.6 Å². The van der Waals surface area contributed by atoms with Crippen LogP contribution in [0.15, 0.2) is 4.52 Å². The first-order valence-electron chi connectivity index (χ1n) is 7.32. The van der Waals surface area contributed by atoms with Crippen LogP contribution in [-0.2, 0) is 10.3 Å². The zero-order valence-corrected chi connectivity index (χ0v) is 12.4. The summed E-state index contributed by atoms with van der Waals surface area (Å²) in [5.41, 5.74) is -0.360. The first-order chi connectivity index (χ1) is 9.10. The molecule has 0 bridgehead atoms. The smallest absolute Gasteiger partial charge is 0.231 e. The number of likely N-dealkylation sites (N-methyl/N-ethyl adjacent to an activating group) is 1. The molecule has 0 amide bonds. The van der Waals surface area contributed by atoms with E-state index in [0.29, 0.717) is 17.8 Å². The second-order valence-electron chi connectivity index (χ2n) is 5.50. The zero-order valence-electron chi connectivity index (χ0n) is 12.4. The molecule has 1 aliphatic rings. The molecule has 3 unspecified atom stereocenters. The molecule has 1 N–H and O–H groups in total. The molecule has 1 aliphatic heterocycles. The van der Waals surface area contributed by atoms with E-state index in [0.717, 1.165) is 32.4 Å². The second-order valence-corrected chi connectivity index (χ2v) is 5.50. The van der Waals surface area contributed by atoms with Gasteiger partial charge < -0.3 is 14.6 Å². The van der Waals surface area contributed by atoms with Crippen LogP contribution in [0.5, 0.6) is 0 Å². The molecule has 0 saturated carbocycles. The Bertz CT molecular complexity index is 399. The van der Waals surface area contributed by atoms with E-state index in [9.17, 15) is 0 Å². The highest BCUT2D eigenvalue weighted by atomic mass is 16.5. The summed E-state index contributed by atoms with van der Waals surface area (Å²) >= 11 is 0. The molecule has 2 heterocycles. The second kappa shape index (κ2) is 6.01. The topological polar surface area (TPSA) is 60.2 Å². The van der Waals surface area contributed by atoms with Crippen molar-refractivity contribution in [1.82, 2.24) is 15.5 Å². The molecule has 108 valence electrons. The third kappa shape index (κ3) is 2.98. The maximum atomic E-state index is 5.75. The Hall–Kier alpha value is -0.940. The Balaban J connectivity index is 2.11. The summed E-state index contributed by atoms with van der Waals surface area (Å²) in [6.45, 7) is 10.2. The molecule has 0 spiro atoms. The first kappa shape index (κ1) is 14.5.